The molecular formula is C11H19NO2. The summed E-state index contributed by atoms with van der Waals surface area (Å²) in [5.41, 5.74) is 0. The van der Waals surface area contributed by atoms with Gasteiger partial charge in [0.25, 0.3) is 5.91 Å². The third-order valence-corrected chi connectivity index (χ3v) is 1.79. The Morgan fingerprint density at radius 2 is 2.14 bits per heavy atom. The minimum Gasteiger partial charge on any atom is -0.274 e. The minimum absolute atomic E-state index is 0.160. The molecule has 0 N–H and O–H groups in total. The fraction of sp³-hybridized carbons (Fsp3) is 0.545. The van der Waals surface area contributed by atoms with Gasteiger partial charge in [0.05, 0.1) is 7.11 Å². The SMILES string of the molecule is CCCC/C=C/C=C/C(=O)N(C)OC. The molecule has 0 rings (SSSR count). The summed E-state index contributed by atoms with van der Waals surface area (Å²) in [7, 11) is 3.04. The minimum atomic E-state index is -0.160. The standard InChI is InChI=1S/C11H19NO2/c1-4-5-6-7-8-9-10-11(13)12(2)14-3/h7-10H,4-6H2,1-3H3/b8-7+,10-9+. The molecule has 3 nitrogen and oxygen atoms in total. The average Bonchev–Trinajstić information content (AvgIpc) is 2.21. The second-order valence-corrected chi connectivity index (χ2v) is 2.95. The molecule has 0 unspecified atom stereocenters. The van der Waals surface area contributed by atoms with Crippen molar-refractivity contribution in [3.63, 3.8) is 0 Å². The molecule has 0 atom stereocenters. The highest BCUT2D eigenvalue weighted by Crippen LogP contribution is 1.95. The number of carbonyl (C=O) groups is 1. The molecule has 0 fully saturated rings. The van der Waals surface area contributed by atoms with E-state index in [2.05, 4.69) is 13.0 Å². The van der Waals surface area contributed by atoms with Crippen molar-refractivity contribution in [2.45, 2.75) is 26.2 Å². The number of unbranched alkanes of at least 4 members (excludes halogenated alkanes) is 2. The zero-order valence-corrected chi connectivity index (χ0v) is 9.19. The highest BCUT2D eigenvalue weighted by Gasteiger charge is 1.99. The van der Waals surface area contributed by atoms with Crippen LogP contribution in [0.5, 0.6) is 0 Å². The largest absolute Gasteiger partial charge is 0.274 e. The zero-order valence-electron chi connectivity index (χ0n) is 9.19. The van der Waals surface area contributed by atoms with Gasteiger partial charge in [0.2, 0.25) is 0 Å². The van der Waals surface area contributed by atoms with Gasteiger partial charge in [0, 0.05) is 13.1 Å². The third-order valence-electron chi connectivity index (χ3n) is 1.79. The summed E-state index contributed by atoms with van der Waals surface area (Å²) in [6, 6.07) is 0. The highest BCUT2D eigenvalue weighted by molar-refractivity contribution is 5.86. The number of amides is 1. The second-order valence-electron chi connectivity index (χ2n) is 2.95. The van der Waals surface area contributed by atoms with Crippen molar-refractivity contribution in [2.24, 2.45) is 0 Å². The predicted molar refractivity (Wildman–Crippen MR) is 57.6 cm³/mol. The Bertz CT molecular complexity index is 209. The summed E-state index contributed by atoms with van der Waals surface area (Å²) in [4.78, 5) is 15.9. The van der Waals surface area contributed by atoms with Gasteiger partial charge in [-0.2, -0.15) is 0 Å². The van der Waals surface area contributed by atoms with Crippen LogP contribution in [0.3, 0.4) is 0 Å². The first kappa shape index (κ1) is 12.9. The fourth-order valence-corrected chi connectivity index (χ4v) is 0.830. The van der Waals surface area contributed by atoms with Gasteiger partial charge in [-0.1, -0.05) is 38.0 Å². The lowest BCUT2D eigenvalue weighted by Crippen LogP contribution is -2.22. The molecule has 0 aromatic heterocycles. The van der Waals surface area contributed by atoms with Gasteiger partial charge < -0.3 is 0 Å². The Morgan fingerprint density at radius 1 is 1.43 bits per heavy atom. The topological polar surface area (TPSA) is 29.5 Å². The first-order valence-corrected chi connectivity index (χ1v) is 4.87. The molecule has 0 aromatic rings. The Balaban J connectivity index is 3.71. The van der Waals surface area contributed by atoms with Crippen molar-refractivity contribution in [3.8, 4) is 0 Å². The molecule has 14 heavy (non-hydrogen) atoms. The lowest BCUT2D eigenvalue weighted by Gasteiger charge is -2.09. The smallest absolute Gasteiger partial charge is 0.269 e. The zero-order chi connectivity index (χ0) is 10.8. The average molecular weight is 197 g/mol. The molecule has 3 heteroatoms. The molecule has 80 valence electrons. The van der Waals surface area contributed by atoms with E-state index in [0.717, 1.165) is 6.42 Å². The van der Waals surface area contributed by atoms with Crippen LogP contribution in [-0.2, 0) is 9.63 Å². The molecule has 0 aliphatic heterocycles. The maximum Gasteiger partial charge on any atom is 0.269 e. The van der Waals surface area contributed by atoms with Gasteiger partial charge in [-0.3, -0.25) is 9.63 Å². The van der Waals surface area contributed by atoms with E-state index in [9.17, 15) is 4.79 Å². The Labute approximate surface area is 86.0 Å². The van der Waals surface area contributed by atoms with Crippen molar-refractivity contribution in [1.82, 2.24) is 5.06 Å². The lowest BCUT2D eigenvalue weighted by molar-refractivity contribution is -0.162. The van der Waals surface area contributed by atoms with E-state index in [1.165, 1.54) is 31.1 Å². The number of allylic oxidation sites excluding steroid dienone is 3. The Morgan fingerprint density at radius 3 is 2.71 bits per heavy atom. The van der Waals surface area contributed by atoms with Crippen LogP contribution in [0.4, 0.5) is 0 Å². The van der Waals surface area contributed by atoms with E-state index < -0.39 is 0 Å². The van der Waals surface area contributed by atoms with E-state index in [1.807, 2.05) is 6.08 Å². The van der Waals surface area contributed by atoms with Gasteiger partial charge in [-0.15, -0.1) is 0 Å². The molecule has 0 saturated heterocycles. The van der Waals surface area contributed by atoms with E-state index >= 15 is 0 Å². The lowest BCUT2D eigenvalue weighted by atomic mass is 10.2. The highest BCUT2D eigenvalue weighted by atomic mass is 16.7. The Hall–Kier alpha value is -1.09. The van der Waals surface area contributed by atoms with Crippen molar-refractivity contribution < 1.29 is 9.63 Å². The molecular weight excluding hydrogens is 178 g/mol. The Kier molecular flexibility index (Phi) is 7.84. The van der Waals surface area contributed by atoms with E-state index in [0.29, 0.717) is 0 Å². The van der Waals surface area contributed by atoms with E-state index in [-0.39, 0.29) is 5.91 Å². The van der Waals surface area contributed by atoms with Crippen LogP contribution in [0.15, 0.2) is 24.3 Å². The van der Waals surface area contributed by atoms with Crippen molar-refractivity contribution in [3.05, 3.63) is 24.3 Å². The molecule has 0 radical (unpaired) electrons. The quantitative estimate of drug-likeness (QED) is 0.283. The molecule has 0 bridgehead atoms. The number of hydrogen-bond donors (Lipinski definition) is 0. The van der Waals surface area contributed by atoms with Gasteiger partial charge >= 0.3 is 0 Å². The number of rotatable bonds is 6. The molecule has 1 amide bonds. The van der Waals surface area contributed by atoms with Crippen molar-refractivity contribution >= 4 is 5.91 Å². The fourth-order valence-electron chi connectivity index (χ4n) is 0.830. The van der Waals surface area contributed by atoms with E-state index in [1.54, 1.807) is 13.1 Å². The van der Waals surface area contributed by atoms with Crippen LogP contribution in [0.1, 0.15) is 26.2 Å². The summed E-state index contributed by atoms with van der Waals surface area (Å²) in [6.07, 6.45) is 10.6. The number of likely N-dealkylation sites (N-methyl/N-ethyl adjacent to an activating group) is 1. The summed E-state index contributed by atoms with van der Waals surface area (Å²) < 4.78 is 0. The second kappa shape index (κ2) is 8.51. The molecule has 0 saturated carbocycles. The first-order valence-electron chi connectivity index (χ1n) is 4.87. The normalized spacial score (nSPS) is 11.4. The van der Waals surface area contributed by atoms with Gasteiger partial charge in [0.1, 0.15) is 0 Å². The van der Waals surface area contributed by atoms with Crippen LogP contribution < -0.4 is 0 Å². The first-order chi connectivity index (χ1) is 6.72. The number of carbonyl (C=O) groups excluding carboxylic acids is 1. The molecule has 0 spiro atoms. The van der Waals surface area contributed by atoms with Gasteiger partial charge in [-0.05, 0) is 6.42 Å². The van der Waals surface area contributed by atoms with Crippen molar-refractivity contribution in [2.75, 3.05) is 14.2 Å². The summed E-state index contributed by atoms with van der Waals surface area (Å²) in [6.45, 7) is 2.15. The van der Waals surface area contributed by atoms with Gasteiger partial charge in [-0.25, -0.2) is 5.06 Å². The van der Waals surface area contributed by atoms with Crippen LogP contribution in [0, 0.1) is 0 Å². The van der Waals surface area contributed by atoms with Gasteiger partial charge in [0.15, 0.2) is 0 Å². The number of hydrogen-bond acceptors (Lipinski definition) is 2. The molecule has 0 aliphatic carbocycles. The maximum atomic E-state index is 11.1. The molecule has 0 aromatic carbocycles. The maximum absolute atomic E-state index is 11.1. The van der Waals surface area contributed by atoms with Crippen LogP contribution >= 0.6 is 0 Å². The molecule has 0 heterocycles. The van der Waals surface area contributed by atoms with Crippen LogP contribution in [0.2, 0.25) is 0 Å². The predicted octanol–water partition coefficient (Wildman–Crippen LogP) is 2.31. The molecule has 0 aliphatic rings. The monoisotopic (exact) mass is 197 g/mol. The van der Waals surface area contributed by atoms with Crippen LogP contribution in [-0.4, -0.2) is 25.1 Å². The van der Waals surface area contributed by atoms with Crippen LogP contribution in [0.25, 0.3) is 0 Å². The third kappa shape index (κ3) is 6.43. The van der Waals surface area contributed by atoms with E-state index in [4.69, 9.17) is 4.84 Å². The number of hydroxylamine groups is 2. The number of nitrogens with zero attached hydrogens (tertiary/aromatic N) is 1. The summed E-state index contributed by atoms with van der Waals surface area (Å²) in [5, 5.41) is 1.18. The summed E-state index contributed by atoms with van der Waals surface area (Å²) >= 11 is 0. The van der Waals surface area contributed by atoms with Crippen molar-refractivity contribution in [1.29, 1.82) is 0 Å². The summed E-state index contributed by atoms with van der Waals surface area (Å²) in [5.74, 6) is -0.160.